The third kappa shape index (κ3) is 21.7. The average molecular weight is 1890 g/mol. The number of hydrogen-bond donors (Lipinski definition) is 0. The molecule has 0 unspecified atom stereocenters. The van der Waals surface area contributed by atoms with Crippen molar-refractivity contribution in [3.63, 3.8) is 0 Å². The van der Waals surface area contributed by atoms with E-state index in [4.69, 9.17) is 66.3 Å². The van der Waals surface area contributed by atoms with Gasteiger partial charge in [-0.25, -0.2) is 9.59 Å². The quantitative estimate of drug-likeness (QED) is 0.0269. The van der Waals surface area contributed by atoms with Crippen LogP contribution in [0.25, 0.3) is 0 Å². The predicted molar refractivity (Wildman–Crippen MR) is 403 cm³/mol. The maximum atomic E-state index is 14.9. The van der Waals surface area contributed by atoms with E-state index in [1.165, 1.54) is 99.1 Å². The van der Waals surface area contributed by atoms with Crippen molar-refractivity contribution in [1.29, 1.82) is 0 Å². The number of esters is 2. The molecule has 708 valence electrons. The van der Waals surface area contributed by atoms with E-state index in [1.54, 1.807) is 121 Å². The molecule has 130 heavy (non-hydrogen) atoms. The van der Waals surface area contributed by atoms with Gasteiger partial charge in [0, 0.05) is 12.8 Å². The molecule has 0 N–H and O–H groups in total. The van der Waals surface area contributed by atoms with Crippen LogP contribution in [0.3, 0.4) is 0 Å². The molecule has 6 aliphatic rings. The van der Waals surface area contributed by atoms with Crippen LogP contribution in [0.1, 0.15) is 90.9 Å². The van der Waals surface area contributed by atoms with Crippen LogP contribution >= 0.6 is 0 Å². The Balaban J connectivity index is 0.909. The molecule has 2 fully saturated rings. The number of benzene rings is 8. The Hall–Kier alpha value is -10.2. The largest absolute Gasteiger partial charge is 0.493 e. The average Bonchev–Trinajstić information content (AvgIpc) is 0.713. The number of ether oxygens (including phenoxy) is 14. The first-order chi connectivity index (χ1) is 61.0. The third-order valence-electron chi connectivity index (χ3n) is 21.2. The molecule has 14 rings (SSSR count). The van der Waals surface area contributed by atoms with Crippen molar-refractivity contribution in [2.45, 2.75) is 211 Å². The Kier molecular flexibility index (Phi) is 31.2. The Morgan fingerprint density at radius 2 is 0.577 bits per heavy atom. The van der Waals surface area contributed by atoms with Crippen LogP contribution in [0.5, 0.6) is 23.0 Å². The van der Waals surface area contributed by atoms with Crippen molar-refractivity contribution in [2.24, 2.45) is 0 Å². The lowest BCUT2D eigenvalue weighted by atomic mass is 9.91. The molecule has 8 aromatic carbocycles. The molecule has 0 spiro atoms. The highest BCUT2D eigenvalue weighted by atomic mass is 19.4. The van der Waals surface area contributed by atoms with Gasteiger partial charge in [0.05, 0.1) is 65.0 Å². The monoisotopic (exact) mass is 1880 g/mol. The second kappa shape index (κ2) is 40.5. The fraction of sp³-hybridized carbons (Fsp3) is 0.432. The standard InChI is InChI=1S/C88H78F26O16/c1-117-62-41-60-42-63(118-2)66(62)130-76-72(124-46-56-23-13-6-14-24-56)70(122-44-54-19-9-4-10-20-54)68(120-48-58-33-29-52(30-34-58)26-16-40-78(91,92)80(95,96)82(99,100)84(103,104)86(107,108)88(112,113)114)65(129-76)49-125-73(115)59-35-37-61(38-36-59)127-75-71(123-45-55-21-11-5-12-22-55)69(121-43-53-17-7-3-8-18-53)67(64(128-75)50-126-74(60)116)119-47-57-31-27-51(28-32-57)25-15-39-77(89,90)79(93,94)81(97,98)83(101,102)85(105,106)87(109,110)111/h3-14,17-24,27-38,41-42,64-65,67-72,75-76H,15-16,25-26,39-40,43-50H2,1-2H3/t64-,65-,67-,68-,69+,70+,71-,72-,75-,76+/m1/s1. The topological polar surface area (TPSA) is 163 Å². The smallest absolute Gasteiger partial charge is 0.460 e. The van der Waals surface area contributed by atoms with E-state index in [1.807, 2.05) is 0 Å². The zero-order valence-electron chi connectivity index (χ0n) is 67.7. The molecule has 0 radical (unpaired) electrons. The van der Waals surface area contributed by atoms with Crippen molar-refractivity contribution >= 4 is 11.9 Å². The van der Waals surface area contributed by atoms with Gasteiger partial charge in [-0.15, -0.1) is 0 Å². The van der Waals surface area contributed by atoms with Gasteiger partial charge in [0.2, 0.25) is 18.3 Å². The molecule has 0 aromatic heterocycles. The minimum atomic E-state index is -8.07. The molecule has 6 heterocycles. The molecule has 10 atom stereocenters. The minimum absolute atomic E-state index is 0.0206. The predicted octanol–water partition coefficient (Wildman–Crippen LogP) is 21.6. The first kappa shape index (κ1) is 100. The van der Waals surface area contributed by atoms with Gasteiger partial charge in [0.15, 0.2) is 11.5 Å². The van der Waals surface area contributed by atoms with Crippen molar-refractivity contribution in [3.8, 4) is 23.0 Å². The van der Waals surface area contributed by atoms with E-state index < -0.39 is 210 Å². The van der Waals surface area contributed by atoms with Crippen LogP contribution in [-0.2, 0) is 99.9 Å². The van der Waals surface area contributed by atoms with Crippen LogP contribution in [0.2, 0.25) is 0 Å². The van der Waals surface area contributed by atoms with Crippen molar-refractivity contribution in [2.75, 3.05) is 27.4 Å². The molecule has 42 heteroatoms. The van der Waals surface area contributed by atoms with Crippen LogP contribution in [0.4, 0.5) is 114 Å². The summed E-state index contributed by atoms with van der Waals surface area (Å²) < 4.78 is 454. The lowest BCUT2D eigenvalue weighted by Gasteiger charge is -2.45. The summed E-state index contributed by atoms with van der Waals surface area (Å²) in [7, 11) is 2.35. The first-order valence-electron chi connectivity index (χ1n) is 39.3. The fourth-order valence-corrected chi connectivity index (χ4v) is 13.9. The second-order valence-electron chi connectivity index (χ2n) is 30.2. The van der Waals surface area contributed by atoms with E-state index in [9.17, 15) is 124 Å². The Bertz CT molecular complexity index is 4960. The van der Waals surface area contributed by atoms with Gasteiger partial charge in [0.25, 0.3) is 0 Å². The lowest BCUT2D eigenvalue weighted by molar-refractivity contribution is -0.440. The number of aryl methyl sites for hydroxylation is 2. The minimum Gasteiger partial charge on any atom is -0.493 e. The maximum absolute atomic E-state index is 14.9. The van der Waals surface area contributed by atoms with E-state index in [-0.39, 0.29) is 82.8 Å². The number of methoxy groups -OCH3 is 2. The van der Waals surface area contributed by atoms with Crippen LogP contribution in [-0.4, -0.2) is 172 Å². The van der Waals surface area contributed by atoms with Crippen molar-refractivity contribution in [3.05, 3.63) is 262 Å². The van der Waals surface area contributed by atoms with Crippen molar-refractivity contribution in [1.82, 2.24) is 0 Å². The summed E-state index contributed by atoms with van der Waals surface area (Å²) in [6.45, 7) is -3.32. The van der Waals surface area contributed by atoms with Crippen LogP contribution < -0.4 is 18.9 Å². The summed E-state index contributed by atoms with van der Waals surface area (Å²) in [5.74, 6) is -78.4. The van der Waals surface area contributed by atoms with Crippen molar-refractivity contribution < 1.29 is 190 Å². The van der Waals surface area contributed by atoms with Crippen LogP contribution in [0.15, 0.2) is 206 Å². The van der Waals surface area contributed by atoms with Gasteiger partial charge >= 0.3 is 83.5 Å². The molecule has 8 bridgehead atoms. The number of rotatable bonds is 36. The summed E-state index contributed by atoms with van der Waals surface area (Å²) >= 11 is 0. The van der Waals surface area contributed by atoms with E-state index in [0.29, 0.717) is 22.3 Å². The number of halogens is 26. The van der Waals surface area contributed by atoms with Crippen LogP contribution in [0, 0.1) is 0 Å². The van der Waals surface area contributed by atoms with Gasteiger partial charge in [-0.2, -0.15) is 114 Å². The molecule has 2 saturated heterocycles. The third-order valence-corrected chi connectivity index (χ3v) is 21.2. The summed E-state index contributed by atoms with van der Waals surface area (Å²) in [5.41, 5.74) is 2.25. The number of carbonyl (C=O) groups excluding carboxylic acids is 2. The highest BCUT2D eigenvalue weighted by molar-refractivity contribution is 5.91. The molecule has 16 nitrogen and oxygen atoms in total. The number of alkyl halides is 26. The molecular formula is C88H78F26O16. The van der Waals surface area contributed by atoms with E-state index in [0.717, 1.165) is 0 Å². The summed E-state index contributed by atoms with van der Waals surface area (Å²) in [6.07, 6.45) is -38.9. The SMILES string of the molecule is COc1cc2cc(OC)c1O[C@@H]1O[C@H](COC(=O)c3ccc(cc3)O[C@@H]3O[C@H](COC2=O)[C@@H](OCc2ccc(CCCC(F)(F)C(F)(F)C(F)(F)C(F)(F)C(F)(F)C(F)(F)F)cc2)[C@H](OCc2ccccc2)[C@H]3OCc2ccccc2)[C@@H](OCc2ccc(CCCC(F)(F)C(F)(F)C(F)(F)C(F)(F)C(F)(F)C(F)(F)F)cc2)[C@H](OCc2ccccc2)[C@H]1OCc1ccccc1. The summed E-state index contributed by atoms with van der Waals surface area (Å²) in [4.78, 5) is 29.6. The number of carbonyl (C=O) groups is 2. The highest BCUT2D eigenvalue weighted by Crippen LogP contribution is 2.63. The normalized spacial score (nSPS) is 21.0. The van der Waals surface area contributed by atoms with Gasteiger partial charge in [0.1, 0.15) is 67.8 Å². The maximum Gasteiger partial charge on any atom is 0.460 e. The van der Waals surface area contributed by atoms with E-state index >= 15 is 0 Å². The Morgan fingerprint density at radius 3 is 0.892 bits per heavy atom. The Labute approximate surface area is 723 Å². The van der Waals surface area contributed by atoms with Gasteiger partial charge in [-0.05, 0) is 107 Å². The van der Waals surface area contributed by atoms with Gasteiger partial charge < -0.3 is 66.3 Å². The first-order valence-corrected chi connectivity index (χ1v) is 39.3. The van der Waals surface area contributed by atoms with E-state index in [2.05, 4.69) is 0 Å². The van der Waals surface area contributed by atoms with Gasteiger partial charge in [-0.1, -0.05) is 170 Å². The lowest BCUT2D eigenvalue weighted by Crippen LogP contribution is -2.70. The summed E-state index contributed by atoms with van der Waals surface area (Å²) in [5, 5.41) is 0. The summed E-state index contributed by atoms with van der Waals surface area (Å²) in [6, 6.07) is 51.7. The number of hydrogen-bond acceptors (Lipinski definition) is 16. The molecule has 6 aliphatic heterocycles. The molecule has 0 aliphatic carbocycles. The Morgan fingerprint density at radius 1 is 0.300 bits per heavy atom. The zero-order chi connectivity index (χ0) is 94.9. The van der Waals surface area contributed by atoms with Gasteiger partial charge in [-0.3, -0.25) is 0 Å². The molecule has 8 aromatic rings. The second-order valence-corrected chi connectivity index (χ2v) is 30.2. The molecular weight excluding hydrogens is 1810 g/mol. The molecule has 0 amide bonds. The highest BCUT2D eigenvalue weighted by Gasteiger charge is 2.92. The fourth-order valence-electron chi connectivity index (χ4n) is 13.9. The molecule has 0 saturated carbocycles. The zero-order valence-corrected chi connectivity index (χ0v) is 67.7.